The highest BCUT2D eigenvalue weighted by Crippen LogP contribution is 2.39. The summed E-state index contributed by atoms with van der Waals surface area (Å²) in [5.74, 6) is 0.478. The van der Waals surface area contributed by atoms with Crippen molar-refractivity contribution in [1.82, 2.24) is 15.2 Å². The number of carbonyl (C=O) groups excluding carboxylic acids is 2. The predicted molar refractivity (Wildman–Crippen MR) is 118 cm³/mol. The molecule has 1 aromatic carbocycles. The maximum absolute atomic E-state index is 12.9. The van der Waals surface area contributed by atoms with Crippen molar-refractivity contribution in [3.8, 4) is 0 Å². The summed E-state index contributed by atoms with van der Waals surface area (Å²) >= 11 is 0. The lowest BCUT2D eigenvalue weighted by molar-refractivity contribution is -0.134. The fourth-order valence-corrected chi connectivity index (χ4v) is 4.76. The maximum atomic E-state index is 12.9. The van der Waals surface area contributed by atoms with Gasteiger partial charge in [-0.1, -0.05) is 30.3 Å². The molecule has 0 saturated carbocycles. The Hall–Kier alpha value is -2.73. The van der Waals surface area contributed by atoms with E-state index in [-0.39, 0.29) is 17.4 Å². The number of benzene rings is 1. The van der Waals surface area contributed by atoms with Crippen molar-refractivity contribution in [3.05, 3.63) is 65.5 Å². The molecule has 1 spiro atoms. The van der Waals surface area contributed by atoms with Gasteiger partial charge in [0.15, 0.2) is 0 Å². The summed E-state index contributed by atoms with van der Waals surface area (Å²) in [6, 6.07) is 11.9. The molecule has 0 radical (unpaired) electrons. The maximum Gasteiger partial charge on any atom is 0.255 e. The van der Waals surface area contributed by atoms with Crippen LogP contribution in [0.15, 0.2) is 48.8 Å². The Bertz CT molecular complexity index is 907. The van der Waals surface area contributed by atoms with Crippen LogP contribution in [-0.2, 0) is 16.1 Å². The second-order valence-electron chi connectivity index (χ2n) is 8.84. The summed E-state index contributed by atoms with van der Waals surface area (Å²) < 4.78 is 6.22. The number of piperidine rings is 1. The first-order valence-electron chi connectivity index (χ1n) is 11.2. The Morgan fingerprint density at radius 1 is 1.19 bits per heavy atom. The van der Waals surface area contributed by atoms with Gasteiger partial charge in [0, 0.05) is 45.1 Å². The highest BCUT2D eigenvalue weighted by Gasteiger charge is 2.41. The van der Waals surface area contributed by atoms with E-state index in [1.165, 1.54) is 0 Å². The standard InChI is InChI=1S/C25H31N3O3/c1-19-7-11-26-18-22(19)24(30)28-12-9-25(10-13-28)16-21(8-14-31-25)15-23(29)27-17-20-5-3-2-4-6-20/h2-7,11,18,21H,8-10,12-17H2,1H3,(H,27,29). The summed E-state index contributed by atoms with van der Waals surface area (Å²) in [6.07, 6.45) is 7.35. The van der Waals surface area contributed by atoms with E-state index in [4.69, 9.17) is 4.74 Å². The normalized spacial score (nSPS) is 20.4. The van der Waals surface area contributed by atoms with E-state index in [1.54, 1.807) is 12.4 Å². The smallest absolute Gasteiger partial charge is 0.255 e. The summed E-state index contributed by atoms with van der Waals surface area (Å²) in [7, 11) is 0. The van der Waals surface area contributed by atoms with Crippen LogP contribution in [0.4, 0.5) is 0 Å². The number of hydrogen-bond acceptors (Lipinski definition) is 4. The summed E-state index contributed by atoms with van der Waals surface area (Å²) in [6.45, 7) is 4.56. The summed E-state index contributed by atoms with van der Waals surface area (Å²) in [5.41, 5.74) is 2.54. The third-order valence-electron chi connectivity index (χ3n) is 6.63. The van der Waals surface area contributed by atoms with Gasteiger partial charge in [-0.15, -0.1) is 0 Å². The van der Waals surface area contributed by atoms with Gasteiger partial charge in [0.1, 0.15) is 0 Å². The van der Waals surface area contributed by atoms with Crippen LogP contribution < -0.4 is 5.32 Å². The molecule has 2 amide bonds. The molecule has 6 nitrogen and oxygen atoms in total. The zero-order valence-corrected chi connectivity index (χ0v) is 18.2. The Labute approximate surface area is 184 Å². The molecule has 1 unspecified atom stereocenters. The van der Waals surface area contributed by atoms with Crippen LogP contribution >= 0.6 is 0 Å². The average Bonchev–Trinajstić information content (AvgIpc) is 2.79. The average molecular weight is 422 g/mol. The zero-order chi connectivity index (χ0) is 21.7. The van der Waals surface area contributed by atoms with Crippen molar-refractivity contribution >= 4 is 11.8 Å². The summed E-state index contributed by atoms with van der Waals surface area (Å²) in [4.78, 5) is 31.4. The van der Waals surface area contributed by atoms with Crippen LogP contribution in [-0.4, -0.2) is 47.0 Å². The van der Waals surface area contributed by atoms with Gasteiger partial charge in [0.2, 0.25) is 5.91 Å². The van der Waals surface area contributed by atoms with Crippen molar-refractivity contribution in [2.45, 2.75) is 51.2 Å². The zero-order valence-electron chi connectivity index (χ0n) is 18.2. The largest absolute Gasteiger partial charge is 0.375 e. The van der Waals surface area contributed by atoms with E-state index in [9.17, 15) is 9.59 Å². The van der Waals surface area contributed by atoms with Crippen LogP contribution in [0.5, 0.6) is 0 Å². The Morgan fingerprint density at radius 3 is 2.71 bits per heavy atom. The van der Waals surface area contributed by atoms with Crippen LogP contribution in [0, 0.1) is 12.8 Å². The monoisotopic (exact) mass is 421 g/mol. The molecule has 0 aliphatic carbocycles. The predicted octanol–water partition coefficient (Wildman–Crippen LogP) is 3.50. The van der Waals surface area contributed by atoms with Crippen LogP contribution in [0.25, 0.3) is 0 Å². The van der Waals surface area contributed by atoms with Crippen molar-refractivity contribution in [2.75, 3.05) is 19.7 Å². The number of aryl methyl sites for hydroxylation is 1. The number of aromatic nitrogens is 1. The second kappa shape index (κ2) is 9.60. The molecule has 1 N–H and O–H groups in total. The first kappa shape index (κ1) is 21.5. The van der Waals surface area contributed by atoms with Gasteiger partial charge in [-0.3, -0.25) is 14.6 Å². The fourth-order valence-electron chi connectivity index (χ4n) is 4.76. The molecule has 2 aliphatic rings. The molecular weight excluding hydrogens is 390 g/mol. The number of nitrogens with zero attached hydrogens (tertiary/aromatic N) is 2. The van der Waals surface area contributed by atoms with Crippen LogP contribution in [0.2, 0.25) is 0 Å². The molecule has 1 aromatic heterocycles. The number of amides is 2. The van der Waals surface area contributed by atoms with Gasteiger partial charge in [-0.05, 0) is 55.7 Å². The van der Waals surface area contributed by atoms with Crippen molar-refractivity contribution in [1.29, 1.82) is 0 Å². The van der Waals surface area contributed by atoms with E-state index in [0.717, 1.165) is 36.8 Å². The SMILES string of the molecule is Cc1ccncc1C(=O)N1CCC2(CC1)CC(CC(=O)NCc1ccccc1)CCO2. The van der Waals surface area contributed by atoms with Gasteiger partial charge in [0.05, 0.1) is 11.2 Å². The molecule has 2 aromatic rings. The number of hydrogen-bond donors (Lipinski definition) is 1. The number of pyridine rings is 1. The van der Waals surface area contributed by atoms with E-state index in [1.807, 2.05) is 48.2 Å². The van der Waals surface area contributed by atoms with E-state index >= 15 is 0 Å². The van der Waals surface area contributed by atoms with Gasteiger partial charge in [-0.25, -0.2) is 0 Å². The molecule has 2 fully saturated rings. The number of carbonyl (C=O) groups is 2. The first-order chi connectivity index (χ1) is 15.0. The van der Waals surface area contributed by atoms with Crippen molar-refractivity contribution < 1.29 is 14.3 Å². The minimum Gasteiger partial charge on any atom is -0.375 e. The van der Waals surface area contributed by atoms with E-state index in [0.29, 0.717) is 44.1 Å². The minimum atomic E-state index is -0.205. The topological polar surface area (TPSA) is 71.5 Å². The molecule has 0 bridgehead atoms. The molecule has 164 valence electrons. The fraction of sp³-hybridized carbons (Fsp3) is 0.480. The molecule has 3 heterocycles. The lowest BCUT2D eigenvalue weighted by Gasteiger charge is -2.46. The van der Waals surface area contributed by atoms with Gasteiger partial charge in [0.25, 0.3) is 5.91 Å². The quantitative estimate of drug-likeness (QED) is 0.802. The molecule has 1 atom stereocenters. The number of likely N-dealkylation sites (tertiary alicyclic amines) is 1. The molecule has 2 saturated heterocycles. The third-order valence-corrected chi connectivity index (χ3v) is 6.63. The molecule has 4 rings (SSSR count). The lowest BCUT2D eigenvalue weighted by Crippen LogP contribution is -2.51. The molecule has 2 aliphatic heterocycles. The van der Waals surface area contributed by atoms with Crippen molar-refractivity contribution in [3.63, 3.8) is 0 Å². The van der Waals surface area contributed by atoms with Crippen molar-refractivity contribution in [2.24, 2.45) is 5.92 Å². The Kier molecular flexibility index (Phi) is 6.66. The lowest BCUT2D eigenvalue weighted by atomic mass is 9.78. The Morgan fingerprint density at radius 2 is 1.97 bits per heavy atom. The van der Waals surface area contributed by atoms with Gasteiger partial charge in [-0.2, -0.15) is 0 Å². The van der Waals surface area contributed by atoms with Gasteiger partial charge < -0.3 is 15.0 Å². The van der Waals surface area contributed by atoms with Gasteiger partial charge >= 0.3 is 0 Å². The van der Waals surface area contributed by atoms with E-state index in [2.05, 4.69) is 10.3 Å². The third kappa shape index (κ3) is 5.31. The van der Waals surface area contributed by atoms with E-state index < -0.39 is 0 Å². The number of nitrogens with one attached hydrogen (secondary N) is 1. The van der Waals surface area contributed by atoms with Crippen LogP contribution in [0.1, 0.15) is 53.6 Å². The second-order valence-corrected chi connectivity index (χ2v) is 8.84. The first-order valence-corrected chi connectivity index (χ1v) is 11.2. The molecule has 6 heteroatoms. The minimum absolute atomic E-state index is 0.0492. The summed E-state index contributed by atoms with van der Waals surface area (Å²) in [5, 5.41) is 3.04. The highest BCUT2D eigenvalue weighted by atomic mass is 16.5. The number of rotatable bonds is 5. The highest BCUT2D eigenvalue weighted by molar-refractivity contribution is 5.95. The molecular formula is C25H31N3O3. The Balaban J connectivity index is 1.28. The number of ether oxygens (including phenoxy) is 1. The molecule has 31 heavy (non-hydrogen) atoms. The van der Waals surface area contributed by atoms with Crippen LogP contribution in [0.3, 0.4) is 0 Å².